The Morgan fingerprint density at radius 2 is 1.87 bits per heavy atom. The number of hydrogen-bond acceptors (Lipinski definition) is 7. The van der Waals surface area contributed by atoms with Gasteiger partial charge in [0, 0.05) is 88.5 Å². The van der Waals surface area contributed by atoms with E-state index in [0.29, 0.717) is 35.9 Å². The maximum atomic E-state index is 12.8. The predicted octanol–water partition coefficient (Wildman–Crippen LogP) is 7.48. The Bertz CT molecular complexity index is 2050. The molecule has 3 aliphatic heterocycles. The molecule has 0 saturated carbocycles. The van der Waals surface area contributed by atoms with Crippen molar-refractivity contribution in [2.75, 3.05) is 18.5 Å². The fraction of sp³-hybridized carbons (Fsp3) is 0.400. The quantitative estimate of drug-likeness (QED) is 0.187. The van der Waals surface area contributed by atoms with Gasteiger partial charge in [0.25, 0.3) is 0 Å². The van der Waals surface area contributed by atoms with Crippen LogP contribution in [0.25, 0.3) is 22.0 Å². The summed E-state index contributed by atoms with van der Waals surface area (Å²) in [5.41, 5.74) is 10.7. The maximum absolute atomic E-state index is 12.8. The minimum Gasteiger partial charge on any atom is -0.493 e. The molecule has 0 atom stereocenters. The molecule has 0 radical (unpaired) electrons. The maximum Gasteiger partial charge on any atom is 0.352 e. The van der Waals surface area contributed by atoms with Crippen LogP contribution in [0.1, 0.15) is 63.7 Å². The number of carboxylic acids is 1. The number of rotatable bonds is 1. The van der Waals surface area contributed by atoms with Crippen molar-refractivity contribution >= 4 is 57.7 Å². The average molecular weight is 689 g/mol. The van der Waals surface area contributed by atoms with Gasteiger partial charge in [-0.15, -0.1) is 23.5 Å². The third-order valence-corrected chi connectivity index (χ3v) is 11.9. The first-order valence-electron chi connectivity index (χ1n) is 16.2. The van der Waals surface area contributed by atoms with Crippen molar-refractivity contribution in [2.45, 2.75) is 67.2 Å². The number of aromatic nitrogens is 5. The third-order valence-electron chi connectivity index (χ3n) is 9.61. The van der Waals surface area contributed by atoms with Crippen molar-refractivity contribution in [3.63, 3.8) is 0 Å². The van der Waals surface area contributed by atoms with E-state index >= 15 is 0 Å². The summed E-state index contributed by atoms with van der Waals surface area (Å²) in [6.45, 7) is 2.32. The molecule has 0 fully saturated rings. The second-order valence-electron chi connectivity index (χ2n) is 12.6. The first-order valence-corrected chi connectivity index (χ1v) is 18.8. The number of thioether (sulfide) groups is 2. The molecule has 0 spiro atoms. The van der Waals surface area contributed by atoms with Crippen LogP contribution >= 0.6 is 35.1 Å². The van der Waals surface area contributed by atoms with Crippen LogP contribution < -0.4 is 10.1 Å². The van der Waals surface area contributed by atoms with Gasteiger partial charge in [-0.25, -0.2) is 4.79 Å². The summed E-state index contributed by atoms with van der Waals surface area (Å²) in [6, 6.07) is 10.5. The minimum atomic E-state index is -0.938. The van der Waals surface area contributed by atoms with Crippen LogP contribution in [0, 0.1) is 0 Å². The summed E-state index contributed by atoms with van der Waals surface area (Å²) in [7, 11) is 3.87. The molecular weight excluding hydrogens is 652 g/mol. The minimum absolute atomic E-state index is 0.302. The Kier molecular flexibility index (Phi) is 8.17. The predicted molar refractivity (Wildman–Crippen MR) is 189 cm³/mol. The Morgan fingerprint density at radius 1 is 1.00 bits per heavy atom. The summed E-state index contributed by atoms with van der Waals surface area (Å²) in [6.07, 6.45) is 5.25. The smallest absolute Gasteiger partial charge is 0.352 e. The van der Waals surface area contributed by atoms with Crippen molar-refractivity contribution < 1.29 is 14.6 Å². The number of aryl methyl sites for hydroxylation is 4. The van der Waals surface area contributed by atoms with E-state index < -0.39 is 5.97 Å². The van der Waals surface area contributed by atoms with Gasteiger partial charge in [0.1, 0.15) is 11.4 Å². The molecule has 47 heavy (non-hydrogen) atoms. The molecule has 0 saturated heterocycles. The lowest BCUT2D eigenvalue weighted by atomic mass is 9.97. The van der Waals surface area contributed by atoms with Crippen LogP contribution in [-0.2, 0) is 57.2 Å². The molecular formula is C35H37ClN6O3S2. The van der Waals surface area contributed by atoms with Crippen LogP contribution in [0.5, 0.6) is 5.75 Å². The van der Waals surface area contributed by atoms with E-state index in [-0.39, 0.29) is 0 Å². The number of nitrogens with zero attached hydrogens (tertiary/aromatic N) is 5. The summed E-state index contributed by atoms with van der Waals surface area (Å²) < 4.78 is 12.4. The van der Waals surface area contributed by atoms with Crippen LogP contribution in [0.2, 0.25) is 5.02 Å². The monoisotopic (exact) mass is 688 g/mol. The molecule has 0 unspecified atom stereocenters. The topological polar surface area (TPSA) is 99.1 Å². The Morgan fingerprint density at radius 3 is 2.74 bits per heavy atom. The van der Waals surface area contributed by atoms with Crippen molar-refractivity contribution in [2.24, 2.45) is 14.1 Å². The molecule has 0 aliphatic carbocycles. The Labute approximate surface area is 287 Å². The fourth-order valence-corrected chi connectivity index (χ4v) is 9.56. The molecule has 2 aromatic carbocycles. The molecule has 6 heterocycles. The lowest BCUT2D eigenvalue weighted by Gasteiger charge is -2.22. The SMILES string of the molecule is Cn1nc2cc1CSc1cc3c(c(c1)OCCCc1c(C(=O)O)n(C)c4c(c(Cl)ccc14)-c1c(nn4c1CCC4)CSC2)CCCN3. The molecule has 2 N–H and O–H groups in total. The highest BCUT2D eigenvalue weighted by Crippen LogP contribution is 2.44. The molecule has 3 aromatic heterocycles. The standard InChI is InChI=1S/C35H37ClN6O3S2/c1-40-33-24-9-10-26(36)31(33)32-28(39-42-12-4-8-29(32)42)19-46-17-20-14-21(41(2)38-20)18-47-22-15-27-25(6-3-11-37-27)30(16-22)45-13-5-7-23(24)34(40)35(43)44/h9-10,14-16,37H,3-8,11-13,17-19H2,1-2H3,(H,43,44). The van der Waals surface area contributed by atoms with Crippen molar-refractivity contribution in [3.8, 4) is 16.9 Å². The summed E-state index contributed by atoms with van der Waals surface area (Å²) in [5, 5.41) is 25.5. The van der Waals surface area contributed by atoms with Gasteiger partial charge in [0.05, 0.1) is 28.5 Å². The number of hydrogen-bond donors (Lipinski definition) is 2. The number of benzene rings is 2. The van der Waals surface area contributed by atoms with Crippen LogP contribution in [-0.4, -0.2) is 48.4 Å². The van der Waals surface area contributed by atoms with Crippen LogP contribution in [0.3, 0.4) is 0 Å². The normalized spacial score (nSPS) is 16.6. The van der Waals surface area contributed by atoms with Crippen molar-refractivity contribution in [1.82, 2.24) is 24.1 Å². The number of ether oxygens (including phenoxy) is 1. The molecule has 3 aliphatic rings. The van der Waals surface area contributed by atoms with Gasteiger partial charge in [0.15, 0.2) is 0 Å². The van der Waals surface area contributed by atoms with E-state index in [1.807, 2.05) is 35.5 Å². The summed E-state index contributed by atoms with van der Waals surface area (Å²) in [5.74, 6) is 2.25. The summed E-state index contributed by atoms with van der Waals surface area (Å²) in [4.78, 5) is 14.0. The van der Waals surface area contributed by atoms with Gasteiger partial charge in [-0.1, -0.05) is 17.7 Å². The van der Waals surface area contributed by atoms with E-state index in [4.69, 9.17) is 26.5 Å². The Balaban J connectivity index is 1.25. The number of nitrogens with one attached hydrogen (secondary N) is 1. The first-order chi connectivity index (χ1) is 22.9. The van der Waals surface area contributed by atoms with Gasteiger partial charge in [-0.2, -0.15) is 10.2 Å². The molecule has 12 heteroatoms. The lowest BCUT2D eigenvalue weighted by molar-refractivity contribution is 0.0685. The zero-order chi connectivity index (χ0) is 32.2. The van der Waals surface area contributed by atoms with E-state index in [1.165, 1.54) is 17.0 Å². The zero-order valence-corrected chi connectivity index (χ0v) is 29.0. The molecule has 9 nitrogen and oxygen atoms in total. The molecule has 244 valence electrons. The first kappa shape index (κ1) is 30.8. The Hall–Kier alpha value is -3.54. The number of fused-ring (bicyclic) bond motifs is 10. The second kappa shape index (κ2) is 12.5. The highest BCUT2D eigenvalue weighted by molar-refractivity contribution is 7.98. The molecule has 0 amide bonds. The largest absolute Gasteiger partial charge is 0.493 e. The van der Waals surface area contributed by atoms with Crippen LogP contribution in [0.4, 0.5) is 5.69 Å². The highest BCUT2D eigenvalue weighted by atomic mass is 35.5. The van der Waals surface area contributed by atoms with E-state index in [0.717, 1.165) is 106 Å². The number of halogens is 1. The van der Waals surface area contributed by atoms with E-state index in [1.54, 1.807) is 23.5 Å². The zero-order valence-electron chi connectivity index (χ0n) is 26.6. The second-order valence-corrected chi connectivity index (χ2v) is 15.0. The van der Waals surface area contributed by atoms with Gasteiger partial charge in [-0.05, 0) is 68.4 Å². The number of carbonyl (C=O) groups is 1. The molecule has 5 aromatic rings. The number of carboxylic acid groups (broad SMARTS) is 1. The summed E-state index contributed by atoms with van der Waals surface area (Å²) >= 11 is 10.7. The average Bonchev–Trinajstić information content (AvgIpc) is 3.80. The van der Waals surface area contributed by atoms with Gasteiger partial charge in [-0.3, -0.25) is 9.36 Å². The van der Waals surface area contributed by atoms with Crippen molar-refractivity contribution in [3.05, 3.63) is 75.0 Å². The van der Waals surface area contributed by atoms with Crippen LogP contribution in [0.15, 0.2) is 35.2 Å². The van der Waals surface area contributed by atoms with Crippen molar-refractivity contribution in [1.29, 1.82) is 0 Å². The highest BCUT2D eigenvalue weighted by Gasteiger charge is 2.30. The van der Waals surface area contributed by atoms with E-state index in [9.17, 15) is 9.90 Å². The van der Waals surface area contributed by atoms with Gasteiger partial charge >= 0.3 is 5.97 Å². The van der Waals surface area contributed by atoms with Gasteiger partial charge in [0.2, 0.25) is 0 Å². The molecule has 8 rings (SSSR count). The number of aromatic carboxylic acids is 1. The lowest BCUT2D eigenvalue weighted by Crippen LogP contribution is -2.14. The number of anilines is 1. The van der Waals surface area contributed by atoms with Gasteiger partial charge < -0.3 is 19.7 Å². The molecule has 8 bridgehead atoms. The third kappa shape index (κ3) is 5.50. The van der Waals surface area contributed by atoms with E-state index in [2.05, 4.69) is 28.2 Å². The fourth-order valence-electron chi connectivity index (χ4n) is 7.49.